The van der Waals surface area contributed by atoms with Gasteiger partial charge in [0.1, 0.15) is 0 Å². The summed E-state index contributed by atoms with van der Waals surface area (Å²) in [5.41, 5.74) is 1.78. The van der Waals surface area contributed by atoms with Gasteiger partial charge in [-0.15, -0.1) is 0 Å². The highest BCUT2D eigenvalue weighted by molar-refractivity contribution is 5.91. The van der Waals surface area contributed by atoms with E-state index < -0.39 is 4.92 Å². The number of carbonyl (C=O) groups is 1. The predicted molar refractivity (Wildman–Crippen MR) is 85.3 cm³/mol. The summed E-state index contributed by atoms with van der Waals surface area (Å²) in [5.74, 6) is -0.220. The third-order valence-electron chi connectivity index (χ3n) is 3.06. The Morgan fingerprint density at radius 3 is 2.64 bits per heavy atom. The Morgan fingerprint density at radius 2 is 1.91 bits per heavy atom. The normalized spacial score (nSPS) is 10.5. The van der Waals surface area contributed by atoms with E-state index in [0.29, 0.717) is 12.1 Å². The van der Waals surface area contributed by atoms with Gasteiger partial charge in [-0.2, -0.15) is 0 Å². The summed E-state index contributed by atoms with van der Waals surface area (Å²) < 4.78 is 0. The van der Waals surface area contributed by atoms with Crippen molar-refractivity contribution >= 4 is 17.7 Å². The molecule has 0 aliphatic heterocycles. The maximum atomic E-state index is 11.7. The maximum Gasteiger partial charge on any atom is 0.270 e. The first-order valence-corrected chi connectivity index (χ1v) is 6.89. The van der Waals surface area contributed by atoms with Crippen molar-refractivity contribution in [2.45, 2.75) is 6.42 Å². The van der Waals surface area contributed by atoms with Gasteiger partial charge in [-0.3, -0.25) is 14.9 Å². The molecule has 0 saturated heterocycles. The Kier molecular flexibility index (Phi) is 5.43. The van der Waals surface area contributed by atoms with E-state index in [1.807, 2.05) is 30.3 Å². The number of amides is 1. The molecular weight excluding hydrogens is 280 g/mol. The Bertz CT molecular complexity index is 681. The van der Waals surface area contributed by atoms with Gasteiger partial charge in [0, 0.05) is 24.8 Å². The summed E-state index contributed by atoms with van der Waals surface area (Å²) in [4.78, 5) is 21.9. The molecule has 0 radical (unpaired) electrons. The van der Waals surface area contributed by atoms with Crippen LogP contribution in [-0.2, 0) is 11.2 Å². The summed E-state index contributed by atoms with van der Waals surface area (Å²) in [6.07, 6.45) is 3.70. The third-order valence-corrected chi connectivity index (χ3v) is 3.06. The van der Waals surface area contributed by atoms with Crippen LogP contribution in [0.15, 0.2) is 60.7 Å². The van der Waals surface area contributed by atoms with Crippen molar-refractivity contribution in [3.05, 3.63) is 81.9 Å². The van der Waals surface area contributed by atoms with Crippen molar-refractivity contribution in [3.8, 4) is 0 Å². The zero-order valence-electron chi connectivity index (χ0n) is 11.9. The Labute approximate surface area is 128 Å². The Morgan fingerprint density at radius 1 is 1.14 bits per heavy atom. The number of nitro groups is 1. The fourth-order valence-electron chi connectivity index (χ4n) is 1.95. The standard InChI is InChI=1S/C17H16N2O3/c20-17(18-12-11-14-5-2-1-3-6-14)10-9-15-7-4-8-16(13-15)19(21)22/h1-10,13H,11-12H2,(H,18,20). The molecule has 5 heteroatoms. The van der Waals surface area contributed by atoms with Crippen LogP contribution in [0.4, 0.5) is 5.69 Å². The lowest BCUT2D eigenvalue weighted by molar-refractivity contribution is -0.384. The molecule has 0 spiro atoms. The minimum absolute atomic E-state index is 0.00614. The van der Waals surface area contributed by atoms with Crippen molar-refractivity contribution in [1.82, 2.24) is 5.32 Å². The molecule has 22 heavy (non-hydrogen) atoms. The number of hydrogen-bond donors (Lipinski definition) is 1. The highest BCUT2D eigenvalue weighted by Gasteiger charge is 2.04. The quantitative estimate of drug-likeness (QED) is 0.506. The van der Waals surface area contributed by atoms with Crippen LogP contribution in [-0.4, -0.2) is 17.4 Å². The second kappa shape index (κ2) is 7.73. The fourth-order valence-corrected chi connectivity index (χ4v) is 1.95. The van der Waals surface area contributed by atoms with Crippen molar-refractivity contribution < 1.29 is 9.72 Å². The van der Waals surface area contributed by atoms with Gasteiger partial charge in [-0.1, -0.05) is 42.5 Å². The molecule has 0 fully saturated rings. The molecule has 0 saturated carbocycles. The Balaban J connectivity index is 1.84. The SMILES string of the molecule is O=C(C=Cc1cccc([N+](=O)[O-])c1)NCCc1ccccc1. The number of carbonyl (C=O) groups excluding carboxylic acids is 1. The number of non-ortho nitro benzene ring substituents is 1. The van der Waals surface area contributed by atoms with E-state index in [-0.39, 0.29) is 11.6 Å². The molecule has 0 heterocycles. The lowest BCUT2D eigenvalue weighted by Gasteiger charge is -2.02. The van der Waals surface area contributed by atoms with Gasteiger partial charge in [-0.25, -0.2) is 0 Å². The van der Waals surface area contributed by atoms with E-state index in [9.17, 15) is 14.9 Å². The average Bonchev–Trinajstić information content (AvgIpc) is 2.54. The molecule has 2 aromatic carbocycles. The molecule has 1 N–H and O–H groups in total. The first-order valence-electron chi connectivity index (χ1n) is 6.89. The number of nitrogens with one attached hydrogen (secondary N) is 1. The molecular formula is C17H16N2O3. The van der Waals surface area contributed by atoms with Crippen LogP contribution in [0.25, 0.3) is 6.08 Å². The smallest absolute Gasteiger partial charge is 0.270 e. The summed E-state index contributed by atoms with van der Waals surface area (Å²) in [6.45, 7) is 0.544. The van der Waals surface area contributed by atoms with E-state index in [1.165, 1.54) is 18.2 Å². The van der Waals surface area contributed by atoms with Crippen LogP contribution >= 0.6 is 0 Å². The second-order valence-electron chi connectivity index (χ2n) is 4.71. The molecule has 0 aliphatic carbocycles. The number of rotatable bonds is 6. The van der Waals surface area contributed by atoms with Crippen molar-refractivity contribution in [1.29, 1.82) is 0 Å². The monoisotopic (exact) mass is 296 g/mol. The number of nitrogens with zero attached hydrogens (tertiary/aromatic N) is 1. The Hall–Kier alpha value is -2.95. The van der Waals surface area contributed by atoms with E-state index in [4.69, 9.17) is 0 Å². The molecule has 5 nitrogen and oxygen atoms in total. The first-order chi connectivity index (χ1) is 10.6. The maximum absolute atomic E-state index is 11.7. The fraction of sp³-hybridized carbons (Fsp3) is 0.118. The lowest BCUT2D eigenvalue weighted by Crippen LogP contribution is -2.23. The van der Waals surface area contributed by atoms with Gasteiger partial charge in [0.2, 0.25) is 5.91 Å². The summed E-state index contributed by atoms with van der Waals surface area (Å²) in [5, 5.41) is 13.4. The van der Waals surface area contributed by atoms with Gasteiger partial charge >= 0.3 is 0 Å². The summed E-state index contributed by atoms with van der Waals surface area (Å²) >= 11 is 0. The molecule has 2 rings (SSSR count). The number of nitro benzene ring substituents is 1. The molecule has 112 valence electrons. The largest absolute Gasteiger partial charge is 0.352 e. The molecule has 0 aliphatic rings. The zero-order chi connectivity index (χ0) is 15.8. The summed E-state index contributed by atoms with van der Waals surface area (Å²) in [7, 11) is 0. The van der Waals surface area contributed by atoms with Crippen LogP contribution in [0.2, 0.25) is 0 Å². The topological polar surface area (TPSA) is 72.2 Å². The molecule has 0 unspecified atom stereocenters. The first kappa shape index (κ1) is 15.4. The van der Waals surface area contributed by atoms with Crippen LogP contribution in [0, 0.1) is 10.1 Å². The zero-order valence-corrected chi connectivity index (χ0v) is 11.9. The molecule has 0 aromatic heterocycles. The van der Waals surface area contributed by atoms with Gasteiger partial charge in [0.15, 0.2) is 0 Å². The highest BCUT2D eigenvalue weighted by atomic mass is 16.6. The molecule has 0 bridgehead atoms. The van der Waals surface area contributed by atoms with E-state index in [1.54, 1.807) is 18.2 Å². The minimum Gasteiger partial charge on any atom is -0.352 e. The highest BCUT2D eigenvalue weighted by Crippen LogP contribution is 2.13. The van der Waals surface area contributed by atoms with Crippen molar-refractivity contribution in [2.24, 2.45) is 0 Å². The van der Waals surface area contributed by atoms with Gasteiger partial charge in [-0.05, 0) is 23.6 Å². The van der Waals surface area contributed by atoms with E-state index >= 15 is 0 Å². The lowest BCUT2D eigenvalue weighted by atomic mass is 10.1. The van der Waals surface area contributed by atoms with Crippen LogP contribution in [0.5, 0.6) is 0 Å². The van der Waals surface area contributed by atoms with Crippen molar-refractivity contribution in [2.75, 3.05) is 6.54 Å². The third kappa shape index (κ3) is 4.86. The van der Waals surface area contributed by atoms with Crippen LogP contribution in [0.3, 0.4) is 0 Å². The van der Waals surface area contributed by atoms with E-state index in [2.05, 4.69) is 5.32 Å². The van der Waals surface area contributed by atoms with Crippen LogP contribution in [0.1, 0.15) is 11.1 Å². The molecule has 2 aromatic rings. The summed E-state index contributed by atoms with van der Waals surface area (Å²) in [6, 6.07) is 16.0. The van der Waals surface area contributed by atoms with Crippen LogP contribution < -0.4 is 5.32 Å². The number of hydrogen-bond acceptors (Lipinski definition) is 3. The molecule has 1 amide bonds. The minimum atomic E-state index is -0.461. The van der Waals surface area contributed by atoms with Crippen molar-refractivity contribution in [3.63, 3.8) is 0 Å². The second-order valence-corrected chi connectivity index (χ2v) is 4.71. The average molecular weight is 296 g/mol. The van der Waals surface area contributed by atoms with Gasteiger partial charge < -0.3 is 5.32 Å². The predicted octanol–water partition coefficient (Wildman–Crippen LogP) is 2.97. The molecule has 0 atom stereocenters. The van der Waals surface area contributed by atoms with E-state index in [0.717, 1.165) is 12.0 Å². The van der Waals surface area contributed by atoms with Gasteiger partial charge in [0.05, 0.1) is 4.92 Å². The van der Waals surface area contributed by atoms with Gasteiger partial charge in [0.25, 0.3) is 5.69 Å². The number of benzene rings is 2.